The molecule has 1 fully saturated rings. The van der Waals surface area contributed by atoms with Gasteiger partial charge in [0.2, 0.25) is 5.91 Å². The highest BCUT2D eigenvalue weighted by molar-refractivity contribution is 8.00. The van der Waals surface area contributed by atoms with Crippen molar-refractivity contribution in [3.8, 4) is 5.75 Å². The molecule has 3 rings (SSSR count). The zero-order chi connectivity index (χ0) is 14.1. The van der Waals surface area contributed by atoms with Crippen molar-refractivity contribution in [3.05, 3.63) is 46.2 Å². The first-order valence-corrected chi connectivity index (χ1v) is 8.30. The molecule has 1 saturated heterocycles. The van der Waals surface area contributed by atoms with Crippen molar-refractivity contribution in [1.29, 1.82) is 0 Å². The van der Waals surface area contributed by atoms with Crippen LogP contribution in [-0.4, -0.2) is 18.8 Å². The molecule has 1 unspecified atom stereocenters. The van der Waals surface area contributed by atoms with E-state index in [0.29, 0.717) is 5.75 Å². The number of ether oxygens (including phenoxy) is 1. The molecule has 0 spiro atoms. The van der Waals surface area contributed by atoms with Crippen LogP contribution in [0.1, 0.15) is 16.5 Å². The molecule has 1 aromatic heterocycles. The Morgan fingerprint density at radius 2 is 2.20 bits per heavy atom. The van der Waals surface area contributed by atoms with E-state index in [1.54, 1.807) is 30.2 Å². The zero-order valence-electron chi connectivity index (χ0n) is 11.3. The van der Waals surface area contributed by atoms with E-state index in [1.807, 2.05) is 30.0 Å². The summed E-state index contributed by atoms with van der Waals surface area (Å²) in [5.41, 5.74) is 3.22. The highest BCUT2D eigenvalue weighted by atomic mass is 32.2. The number of methoxy groups -OCH3 is 1. The lowest BCUT2D eigenvalue weighted by Gasteiger charge is -2.25. The van der Waals surface area contributed by atoms with Gasteiger partial charge in [-0.1, -0.05) is 0 Å². The first-order valence-electron chi connectivity index (χ1n) is 6.31. The highest BCUT2D eigenvalue weighted by Gasteiger charge is 2.34. The number of amides is 1. The molecule has 1 atom stereocenters. The SMILES string of the molecule is COc1ccc(N2C(=O)CSC2c2ccsc2)c(C)c1. The van der Waals surface area contributed by atoms with Crippen molar-refractivity contribution in [2.24, 2.45) is 0 Å². The van der Waals surface area contributed by atoms with Crippen LogP contribution in [0.3, 0.4) is 0 Å². The molecule has 104 valence electrons. The minimum Gasteiger partial charge on any atom is -0.497 e. The van der Waals surface area contributed by atoms with Gasteiger partial charge in [0, 0.05) is 5.69 Å². The standard InChI is InChI=1S/C15H15NO2S2/c1-10-7-12(18-2)3-4-13(10)16-14(17)9-20-15(16)11-5-6-19-8-11/h3-8,15H,9H2,1-2H3. The van der Waals surface area contributed by atoms with Gasteiger partial charge in [-0.05, 0) is 53.1 Å². The fourth-order valence-electron chi connectivity index (χ4n) is 2.37. The normalized spacial score (nSPS) is 18.6. The summed E-state index contributed by atoms with van der Waals surface area (Å²) in [5, 5.41) is 4.25. The second-order valence-corrected chi connectivity index (χ2v) is 6.48. The van der Waals surface area contributed by atoms with E-state index in [0.717, 1.165) is 17.0 Å². The largest absolute Gasteiger partial charge is 0.497 e. The molecule has 2 aromatic rings. The van der Waals surface area contributed by atoms with Crippen molar-refractivity contribution >= 4 is 34.7 Å². The number of hydrogen-bond acceptors (Lipinski definition) is 4. The van der Waals surface area contributed by atoms with Crippen molar-refractivity contribution in [2.45, 2.75) is 12.3 Å². The maximum atomic E-state index is 12.3. The number of benzene rings is 1. The summed E-state index contributed by atoms with van der Waals surface area (Å²) in [6, 6.07) is 7.93. The second-order valence-electron chi connectivity index (χ2n) is 4.64. The molecule has 1 aliphatic heterocycles. The predicted octanol–water partition coefficient (Wildman–Crippen LogP) is 3.84. The zero-order valence-corrected chi connectivity index (χ0v) is 13.0. The third-order valence-corrected chi connectivity index (χ3v) is 5.27. The van der Waals surface area contributed by atoms with E-state index in [2.05, 4.69) is 16.8 Å². The van der Waals surface area contributed by atoms with Gasteiger partial charge in [0.05, 0.1) is 12.9 Å². The molecule has 1 aliphatic rings. The van der Waals surface area contributed by atoms with Crippen molar-refractivity contribution in [3.63, 3.8) is 0 Å². The van der Waals surface area contributed by atoms with E-state index in [4.69, 9.17) is 4.74 Å². The molecule has 3 nitrogen and oxygen atoms in total. The summed E-state index contributed by atoms with van der Waals surface area (Å²) in [4.78, 5) is 14.2. The van der Waals surface area contributed by atoms with Gasteiger partial charge < -0.3 is 4.74 Å². The number of hydrogen-bond donors (Lipinski definition) is 0. The number of aryl methyl sites for hydroxylation is 1. The van der Waals surface area contributed by atoms with Gasteiger partial charge in [0.15, 0.2) is 0 Å². The quantitative estimate of drug-likeness (QED) is 0.863. The molecule has 0 saturated carbocycles. The minimum atomic E-state index is 0.0841. The molecule has 0 bridgehead atoms. The van der Waals surface area contributed by atoms with Gasteiger partial charge in [-0.2, -0.15) is 11.3 Å². The number of rotatable bonds is 3. The monoisotopic (exact) mass is 305 g/mol. The first kappa shape index (κ1) is 13.5. The fourth-order valence-corrected chi connectivity index (χ4v) is 4.30. The Hall–Kier alpha value is -1.46. The maximum absolute atomic E-state index is 12.3. The predicted molar refractivity (Wildman–Crippen MR) is 84.7 cm³/mol. The van der Waals surface area contributed by atoms with Crippen LogP contribution in [0.5, 0.6) is 5.75 Å². The average Bonchev–Trinajstić information content (AvgIpc) is 3.08. The van der Waals surface area contributed by atoms with Crippen LogP contribution >= 0.6 is 23.1 Å². The molecule has 0 radical (unpaired) electrons. The van der Waals surface area contributed by atoms with Gasteiger partial charge in [-0.3, -0.25) is 9.69 Å². The molecular weight excluding hydrogens is 290 g/mol. The van der Waals surface area contributed by atoms with Crippen LogP contribution < -0.4 is 9.64 Å². The Bertz CT molecular complexity index is 625. The number of anilines is 1. The minimum absolute atomic E-state index is 0.0841. The summed E-state index contributed by atoms with van der Waals surface area (Å²) < 4.78 is 5.23. The van der Waals surface area contributed by atoms with E-state index < -0.39 is 0 Å². The number of nitrogens with zero attached hydrogens (tertiary/aromatic N) is 1. The van der Waals surface area contributed by atoms with Gasteiger partial charge in [0.25, 0.3) is 0 Å². The van der Waals surface area contributed by atoms with Gasteiger partial charge >= 0.3 is 0 Å². The van der Waals surface area contributed by atoms with E-state index in [1.165, 1.54) is 5.56 Å². The number of thiophene rings is 1. The summed E-state index contributed by atoms with van der Waals surface area (Å²) >= 11 is 3.35. The third kappa shape index (κ3) is 2.31. The van der Waals surface area contributed by atoms with Gasteiger partial charge in [0.1, 0.15) is 11.1 Å². The van der Waals surface area contributed by atoms with E-state index in [-0.39, 0.29) is 11.3 Å². The maximum Gasteiger partial charge on any atom is 0.238 e. The number of carbonyl (C=O) groups excluding carboxylic acids is 1. The number of thioether (sulfide) groups is 1. The van der Waals surface area contributed by atoms with Gasteiger partial charge in [-0.15, -0.1) is 11.8 Å². The van der Waals surface area contributed by atoms with Crippen LogP contribution in [0, 0.1) is 6.92 Å². The molecule has 1 amide bonds. The molecule has 0 N–H and O–H groups in total. The van der Waals surface area contributed by atoms with Crippen molar-refractivity contribution in [2.75, 3.05) is 17.8 Å². The molecular formula is C15H15NO2S2. The Morgan fingerprint density at radius 1 is 1.35 bits per heavy atom. The molecule has 1 aromatic carbocycles. The van der Waals surface area contributed by atoms with Crippen LogP contribution in [0.2, 0.25) is 0 Å². The lowest BCUT2D eigenvalue weighted by atomic mass is 10.1. The van der Waals surface area contributed by atoms with Crippen molar-refractivity contribution in [1.82, 2.24) is 0 Å². The lowest BCUT2D eigenvalue weighted by molar-refractivity contribution is -0.115. The highest BCUT2D eigenvalue weighted by Crippen LogP contribution is 2.43. The summed E-state index contributed by atoms with van der Waals surface area (Å²) in [5.74, 6) is 1.52. The van der Waals surface area contributed by atoms with E-state index in [9.17, 15) is 4.79 Å². The fraction of sp³-hybridized carbons (Fsp3) is 0.267. The molecule has 5 heteroatoms. The Balaban J connectivity index is 2.00. The van der Waals surface area contributed by atoms with Crippen LogP contribution in [0.4, 0.5) is 5.69 Å². The Morgan fingerprint density at radius 3 is 2.85 bits per heavy atom. The smallest absolute Gasteiger partial charge is 0.238 e. The summed E-state index contributed by atoms with van der Waals surface area (Å²) in [7, 11) is 1.65. The average molecular weight is 305 g/mol. The lowest BCUT2D eigenvalue weighted by Crippen LogP contribution is -2.28. The third-order valence-electron chi connectivity index (χ3n) is 3.36. The number of carbonyl (C=O) groups is 1. The van der Waals surface area contributed by atoms with Gasteiger partial charge in [-0.25, -0.2) is 0 Å². The Kier molecular flexibility index (Phi) is 3.72. The molecule has 0 aliphatic carbocycles. The second kappa shape index (κ2) is 5.50. The van der Waals surface area contributed by atoms with Crippen molar-refractivity contribution < 1.29 is 9.53 Å². The summed E-state index contributed by atoms with van der Waals surface area (Å²) in [6.07, 6.45) is 0. The molecule has 20 heavy (non-hydrogen) atoms. The first-order chi connectivity index (χ1) is 9.70. The topological polar surface area (TPSA) is 29.5 Å². The van der Waals surface area contributed by atoms with E-state index >= 15 is 0 Å². The van der Waals surface area contributed by atoms with Crippen LogP contribution in [0.15, 0.2) is 35.0 Å². The van der Waals surface area contributed by atoms with Crippen LogP contribution in [-0.2, 0) is 4.79 Å². The molecule has 2 heterocycles. The van der Waals surface area contributed by atoms with Crippen LogP contribution in [0.25, 0.3) is 0 Å². The Labute approximate surface area is 126 Å². The summed E-state index contributed by atoms with van der Waals surface area (Å²) in [6.45, 7) is 2.01.